The van der Waals surface area contributed by atoms with Crippen LogP contribution < -0.4 is 0 Å². The highest BCUT2D eigenvalue weighted by Gasteiger charge is 2.38. The van der Waals surface area contributed by atoms with Crippen molar-refractivity contribution < 1.29 is 4.79 Å². The number of benzene rings is 2. The van der Waals surface area contributed by atoms with Crippen molar-refractivity contribution in [2.75, 3.05) is 0 Å². The van der Waals surface area contributed by atoms with Gasteiger partial charge >= 0.3 is 0 Å². The molecule has 0 fully saturated rings. The topological polar surface area (TPSA) is 47.8 Å². The first-order valence-corrected chi connectivity index (χ1v) is 10.5. The lowest BCUT2D eigenvalue weighted by atomic mass is 9.84. The number of hydrogen-bond donors (Lipinski definition) is 0. The molecular weight excluding hydrogens is 413 g/mol. The second-order valence-corrected chi connectivity index (χ2v) is 9.57. The van der Waals surface area contributed by atoms with E-state index in [1.54, 1.807) is 22.8 Å². The van der Waals surface area contributed by atoms with Crippen molar-refractivity contribution >= 4 is 40.7 Å². The van der Waals surface area contributed by atoms with E-state index in [9.17, 15) is 4.79 Å². The van der Waals surface area contributed by atoms with E-state index in [2.05, 4.69) is 10.1 Å². The number of thioether (sulfide) groups is 1. The number of halogens is 2. The second kappa shape index (κ2) is 8.68. The van der Waals surface area contributed by atoms with E-state index in [-0.39, 0.29) is 11.0 Å². The van der Waals surface area contributed by atoms with Gasteiger partial charge in [-0.05, 0) is 42.0 Å². The molecule has 3 rings (SSSR count). The molecule has 0 aliphatic carbocycles. The Morgan fingerprint density at radius 3 is 2.07 bits per heavy atom. The van der Waals surface area contributed by atoms with Gasteiger partial charge in [0.1, 0.15) is 18.7 Å². The first kappa shape index (κ1) is 20.9. The first-order chi connectivity index (χ1) is 13.3. The molecule has 0 spiro atoms. The molecule has 0 aliphatic rings. The minimum Gasteiger partial charge on any atom is -0.297 e. The summed E-state index contributed by atoms with van der Waals surface area (Å²) < 4.78 is 1.65. The summed E-state index contributed by atoms with van der Waals surface area (Å²) in [5.41, 5.74) is 0.449. The Balaban J connectivity index is 2.09. The third-order valence-electron chi connectivity index (χ3n) is 4.29. The van der Waals surface area contributed by atoms with Crippen LogP contribution in [0.4, 0.5) is 0 Å². The van der Waals surface area contributed by atoms with Crippen LogP contribution in [-0.4, -0.2) is 20.5 Å². The van der Waals surface area contributed by atoms with Crippen LogP contribution in [0.5, 0.6) is 0 Å². The molecule has 3 aromatic rings. The molecule has 0 saturated heterocycles. The van der Waals surface area contributed by atoms with Gasteiger partial charge in [-0.2, -0.15) is 5.10 Å². The van der Waals surface area contributed by atoms with E-state index in [4.69, 9.17) is 23.2 Å². The average molecular weight is 434 g/mol. The van der Waals surface area contributed by atoms with Gasteiger partial charge in [0.2, 0.25) is 0 Å². The van der Waals surface area contributed by atoms with Gasteiger partial charge in [-0.25, -0.2) is 9.67 Å². The van der Waals surface area contributed by atoms with E-state index in [1.165, 1.54) is 6.33 Å². The number of hydrogen-bond acceptors (Lipinski definition) is 4. The molecule has 146 valence electrons. The van der Waals surface area contributed by atoms with Crippen LogP contribution in [-0.2, 0) is 4.79 Å². The number of aromatic nitrogens is 3. The predicted molar refractivity (Wildman–Crippen MR) is 115 cm³/mol. The molecule has 2 unspecified atom stereocenters. The van der Waals surface area contributed by atoms with Crippen LogP contribution in [0.15, 0.2) is 66.1 Å². The minimum absolute atomic E-state index is 0.0828. The first-order valence-electron chi connectivity index (χ1n) is 8.82. The van der Waals surface area contributed by atoms with E-state index < -0.39 is 11.5 Å². The van der Waals surface area contributed by atoms with Crippen LogP contribution in [0.3, 0.4) is 0 Å². The summed E-state index contributed by atoms with van der Waals surface area (Å²) in [4.78, 5) is 18.5. The fourth-order valence-electron chi connectivity index (χ4n) is 2.83. The van der Waals surface area contributed by atoms with Gasteiger partial charge in [0, 0.05) is 20.4 Å². The fourth-order valence-corrected chi connectivity index (χ4v) is 4.34. The summed E-state index contributed by atoms with van der Waals surface area (Å²) in [6.07, 6.45) is 3.05. The van der Waals surface area contributed by atoms with Crippen molar-refractivity contribution in [1.29, 1.82) is 0 Å². The Morgan fingerprint density at radius 1 is 1.00 bits per heavy atom. The molecule has 1 aromatic heterocycles. The summed E-state index contributed by atoms with van der Waals surface area (Å²) in [5, 5.41) is 5.40. The predicted octanol–water partition coefficient (Wildman–Crippen LogP) is 6.27. The molecule has 7 heteroatoms. The van der Waals surface area contributed by atoms with Crippen LogP contribution >= 0.6 is 35.0 Å². The molecule has 1 heterocycles. The maximum absolute atomic E-state index is 13.4. The second-order valence-electron chi connectivity index (χ2n) is 7.48. The lowest BCUT2D eigenvalue weighted by molar-refractivity contribution is -0.130. The molecule has 28 heavy (non-hydrogen) atoms. The van der Waals surface area contributed by atoms with Crippen LogP contribution in [0.1, 0.15) is 37.6 Å². The largest absolute Gasteiger partial charge is 0.297 e. The quantitative estimate of drug-likeness (QED) is 0.429. The van der Waals surface area contributed by atoms with Gasteiger partial charge in [0.25, 0.3) is 0 Å². The number of Topliss-reactive ketones (excluding diaryl/α,β-unsaturated/α-hetero) is 1. The lowest BCUT2D eigenvalue weighted by Gasteiger charge is -2.31. The number of ketones is 1. The summed E-state index contributed by atoms with van der Waals surface area (Å²) in [6, 6.07) is 14.7. The molecule has 4 nitrogen and oxygen atoms in total. The molecule has 0 saturated carbocycles. The summed E-state index contributed by atoms with van der Waals surface area (Å²) in [7, 11) is 0. The van der Waals surface area contributed by atoms with Crippen LogP contribution in [0.2, 0.25) is 10.0 Å². The maximum atomic E-state index is 13.4. The lowest BCUT2D eigenvalue weighted by Crippen LogP contribution is -2.34. The van der Waals surface area contributed by atoms with Crippen molar-refractivity contribution in [2.24, 2.45) is 5.41 Å². The standard InChI is InChI=1S/C21H21Cl2N3OS/c1-21(2,3)20(27)18(26-13-24-12-25-26)19(14-4-6-15(22)7-5-14)28-17-10-8-16(23)9-11-17/h4-13,18-19H,1-3H3. The molecular formula is C21H21Cl2N3OS. The average Bonchev–Trinajstić information content (AvgIpc) is 3.17. The van der Waals surface area contributed by atoms with Crippen LogP contribution in [0.25, 0.3) is 0 Å². The number of carbonyl (C=O) groups excluding carboxylic acids is 1. The smallest absolute Gasteiger partial charge is 0.164 e. The van der Waals surface area contributed by atoms with E-state index in [1.807, 2.05) is 69.3 Å². The number of carbonyl (C=O) groups is 1. The number of nitrogens with zero attached hydrogens (tertiary/aromatic N) is 3. The van der Waals surface area contributed by atoms with Crippen molar-refractivity contribution in [3.05, 3.63) is 76.8 Å². The molecule has 0 radical (unpaired) electrons. The Labute approximate surface area is 179 Å². The Morgan fingerprint density at radius 2 is 1.57 bits per heavy atom. The Kier molecular flexibility index (Phi) is 6.48. The van der Waals surface area contributed by atoms with Crippen LogP contribution in [0, 0.1) is 5.41 Å². The summed E-state index contributed by atoms with van der Waals surface area (Å²) in [5.74, 6) is 0.0828. The third kappa shape index (κ3) is 4.96. The SMILES string of the molecule is CC(C)(C)C(=O)C(C(Sc1ccc(Cl)cc1)c1ccc(Cl)cc1)n1cncn1. The molecule has 2 atom stereocenters. The summed E-state index contributed by atoms with van der Waals surface area (Å²) >= 11 is 13.7. The zero-order chi connectivity index (χ0) is 20.3. The van der Waals surface area contributed by atoms with Gasteiger partial charge in [-0.15, -0.1) is 11.8 Å². The monoisotopic (exact) mass is 433 g/mol. The zero-order valence-electron chi connectivity index (χ0n) is 15.8. The normalized spacial score (nSPS) is 13.9. The minimum atomic E-state index is -0.540. The van der Waals surface area contributed by atoms with Gasteiger partial charge in [-0.3, -0.25) is 4.79 Å². The molecule has 0 bridgehead atoms. The third-order valence-corrected chi connectivity index (χ3v) is 6.12. The highest BCUT2D eigenvalue weighted by atomic mass is 35.5. The Bertz CT molecular complexity index is 920. The van der Waals surface area contributed by atoms with E-state index in [0.717, 1.165) is 10.5 Å². The zero-order valence-corrected chi connectivity index (χ0v) is 18.2. The van der Waals surface area contributed by atoms with Crippen molar-refractivity contribution in [2.45, 2.75) is 37.0 Å². The van der Waals surface area contributed by atoms with Crippen molar-refractivity contribution in [1.82, 2.24) is 14.8 Å². The Hall–Kier alpha value is -1.82. The summed E-state index contributed by atoms with van der Waals surface area (Å²) in [6.45, 7) is 5.77. The highest BCUT2D eigenvalue weighted by molar-refractivity contribution is 7.99. The van der Waals surface area contributed by atoms with Gasteiger partial charge in [0.05, 0.1) is 5.25 Å². The molecule has 0 aliphatic heterocycles. The van der Waals surface area contributed by atoms with Crippen molar-refractivity contribution in [3.8, 4) is 0 Å². The van der Waals surface area contributed by atoms with Gasteiger partial charge in [-0.1, -0.05) is 56.1 Å². The molecule has 2 aromatic carbocycles. The van der Waals surface area contributed by atoms with Gasteiger partial charge in [0.15, 0.2) is 5.78 Å². The van der Waals surface area contributed by atoms with Crippen molar-refractivity contribution in [3.63, 3.8) is 0 Å². The fraction of sp³-hybridized carbons (Fsp3) is 0.286. The maximum Gasteiger partial charge on any atom is 0.164 e. The van der Waals surface area contributed by atoms with Gasteiger partial charge < -0.3 is 0 Å². The van der Waals surface area contributed by atoms with E-state index >= 15 is 0 Å². The molecule has 0 N–H and O–H groups in total. The molecule has 0 amide bonds. The number of rotatable bonds is 6. The van der Waals surface area contributed by atoms with E-state index in [0.29, 0.717) is 10.0 Å². The highest BCUT2D eigenvalue weighted by Crippen LogP contribution is 2.45.